The number of carbonyl (C=O) groups is 1. The average molecular weight is 345 g/mol. The zero-order valence-corrected chi connectivity index (χ0v) is 13.3. The molecule has 2 N–H and O–H groups in total. The summed E-state index contributed by atoms with van der Waals surface area (Å²) in [6, 6.07) is 13.9. The van der Waals surface area contributed by atoms with Crippen LogP contribution in [0.5, 0.6) is 0 Å². The highest BCUT2D eigenvalue weighted by Gasteiger charge is 2.22. The van der Waals surface area contributed by atoms with Gasteiger partial charge < -0.3 is 10.6 Å². The number of fused-ring (bicyclic) bond motifs is 1. The first-order valence-corrected chi connectivity index (χ1v) is 7.86. The molecule has 0 radical (unpaired) electrons. The molecule has 4 heteroatoms. The summed E-state index contributed by atoms with van der Waals surface area (Å²) in [5, 5.41) is 0. The number of benzene rings is 2. The second-order valence-corrected chi connectivity index (χ2v) is 6.22. The SMILES string of the molecule is Nc1cc(Br)ccc1CN1C(=O)CCCc2ccccc21. The van der Waals surface area contributed by atoms with E-state index in [0.29, 0.717) is 18.7 Å². The number of hydrogen-bond acceptors (Lipinski definition) is 2. The number of nitrogens with two attached hydrogens (primary N) is 1. The van der Waals surface area contributed by atoms with Gasteiger partial charge in [-0.15, -0.1) is 0 Å². The maximum atomic E-state index is 12.4. The number of para-hydroxylation sites is 1. The van der Waals surface area contributed by atoms with E-state index in [1.165, 1.54) is 5.56 Å². The predicted octanol–water partition coefficient (Wildman–Crippen LogP) is 3.90. The van der Waals surface area contributed by atoms with Crippen molar-refractivity contribution in [3.8, 4) is 0 Å². The summed E-state index contributed by atoms with van der Waals surface area (Å²) in [5.41, 5.74) is 10.0. The lowest BCUT2D eigenvalue weighted by molar-refractivity contribution is -0.118. The number of carbonyl (C=O) groups excluding carboxylic acids is 1. The van der Waals surface area contributed by atoms with E-state index in [2.05, 4.69) is 22.0 Å². The Bertz CT molecular complexity index is 684. The van der Waals surface area contributed by atoms with Crippen LogP contribution < -0.4 is 10.6 Å². The highest BCUT2D eigenvalue weighted by molar-refractivity contribution is 9.10. The Hall–Kier alpha value is -1.81. The molecule has 3 rings (SSSR count). The van der Waals surface area contributed by atoms with Crippen LogP contribution in [0.2, 0.25) is 0 Å². The largest absolute Gasteiger partial charge is 0.398 e. The van der Waals surface area contributed by atoms with Crippen LogP contribution in [-0.2, 0) is 17.8 Å². The van der Waals surface area contributed by atoms with Gasteiger partial charge in [0.1, 0.15) is 0 Å². The molecule has 0 atom stereocenters. The smallest absolute Gasteiger partial charge is 0.227 e. The van der Waals surface area contributed by atoms with Crippen molar-refractivity contribution < 1.29 is 4.79 Å². The van der Waals surface area contributed by atoms with Gasteiger partial charge in [-0.05, 0) is 42.2 Å². The summed E-state index contributed by atoms with van der Waals surface area (Å²) in [5.74, 6) is 0.169. The third-order valence-corrected chi connectivity index (χ3v) is 4.35. The van der Waals surface area contributed by atoms with Crippen LogP contribution in [0, 0.1) is 0 Å². The summed E-state index contributed by atoms with van der Waals surface area (Å²) in [6.07, 6.45) is 2.45. The third-order valence-electron chi connectivity index (χ3n) is 3.86. The molecule has 0 fully saturated rings. The number of aryl methyl sites for hydroxylation is 1. The first-order valence-electron chi connectivity index (χ1n) is 7.07. The number of anilines is 2. The summed E-state index contributed by atoms with van der Waals surface area (Å²) >= 11 is 3.41. The van der Waals surface area contributed by atoms with Gasteiger partial charge in [0.15, 0.2) is 0 Å². The van der Waals surface area contributed by atoms with E-state index < -0.39 is 0 Å². The molecule has 1 aliphatic heterocycles. The molecule has 0 saturated carbocycles. The summed E-state index contributed by atoms with van der Waals surface area (Å²) < 4.78 is 0.950. The number of amides is 1. The Morgan fingerprint density at radius 3 is 2.76 bits per heavy atom. The topological polar surface area (TPSA) is 46.3 Å². The highest BCUT2D eigenvalue weighted by atomic mass is 79.9. The lowest BCUT2D eigenvalue weighted by Crippen LogP contribution is -2.29. The number of halogens is 1. The van der Waals surface area contributed by atoms with Crippen molar-refractivity contribution in [2.45, 2.75) is 25.8 Å². The van der Waals surface area contributed by atoms with Gasteiger partial charge in [0, 0.05) is 22.3 Å². The number of nitrogen functional groups attached to an aromatic ring is 1. The van der Waals surface area contributed by atoms with Crippen molar-refractivity contribution in [1.29, 1.82) is 0 Å². The van der Waals surface area contributed by atoms with Gasteiger partial charge in [0.2, 0.25) is 5.91 Å². The molecule has 0 saturated heterocycles. The normalized spacial score (nSPS) is 14.7. The fourth-order valence-electron chi connectivity index (χ4n) is 2.74. The van der Waals surface area contributed by atoms with Gasteiger partial charge in [-0.2, -0.15) is 0 Å². The minimum absolute atomic E-state index is 0.169. The maximum absolute atomic E-state index is 12.4. The molecule has 0 bridgehead atoms. The van der Waals surface area contributed by atoms with Gasteiger partial charge in [0.25, 0.3) is 0 Å². The lowest BCUT2D eigenvalue weighted by Gasteiger charge is -2.24. The first kappa shape index (κ1) is 14.1. The Morgan fingerprint density at radius 1 is 1.14 bits per heavy atom. The van der Waals surface area contributed by atoms with E-state index in [1.807, 2.05) is 41.3 Å². The molecule has 0 aliphatic carbocycles. The molecule has 2 aromatic carbocycles. The molecule has 0 unspecified atom stereocenters. The lowest BCUT2D eigenvalue weighted by atomic mass is 10.1. The van der Waals surface area contributed by atoms with Crippen LogP contribution in [0.4, 0.5) is 11.4 Å². The average Bonchev–Trinajstić information content (AvgIpc) is 2.62. The van der Waals surface area contributed by atoms with E-state index >= 15 is 0 Å². The monoisotopic (exact) mass is 344 g/mol. The molecule has 0 spiro atoms. The molecule has 0 aromatic heterocycles. The molecular formula is C17H17BrN2O. The molecule has 1 aliphatic rings. The molecule has 108 valence electrons. The van der Waals surface area contributed by atoms with Crippen LogP contribution >= 0.6 is 15.9 Å². The Morgan fingerprint density at radius 2 is 1.95 bits per heavy atom. The van der Waals surface area contributed by atoms with E-state index in [4.69, 9.17) is 5.73 Å². The summed E-state index contributed by atoms with van der Waals surface area (Å²) in [4.78, 5) is 14.3. The zero-order valence-electron chi connectivity index (χ0n) is 11.7. The molecule has 1 heterocycles. The van der Waals surface area contributed by atoms with E-state index in [9.17, 15) is 4.79 Å². The van der Waals surface area contributed by atoms with Crippen LogP contribution in [0.3, 0.4) is 0 Å². The standard InChI is InChI=1S/C17H17BrN2O/c18-14-9-8-13(15(19)10-14)11-20-16-6-2-1-4-12(16)5-3-7-17(20)21/h1-2,4,6,8-10H,3,5,7,11,19H2. The maximum Gasteiger partial charge on any atom is 0.227 e. The third kappa shape index (κ3) is 2.95. The minimum atomic E-state index is 0.169. The molecule has 3 nitrogen and oxygen atoms in total. The number of hydrogen-bond donors (Lipinski definition) is 1. The highest BCUT2D eigenvalue weighted by Crippen LogP contribution is 2.29. The number of nitrogens with zero attached hydrogens (tertiary/aromatic N) is 1. The molecule has 21 heavy (non-hydrogen) atoms. The van der Waals surface area contributed by atoms with Crippen LogP contribution in [0.15, 0.2) is 46.9 Å². The van der Waals surface area contributed by atoms with Crippen molar-refractivity contribution in [3.63, 3.8) is 0 Å². The fraction of sp³-hybridized carbons (Fsp3) is 0.235. The van der Waals surface area contributed by atoms with Gasteiger partial charge in [-0.1, -0.05) is 40.2 Å². The second kappa shape index (κ2) is 5.90. The van der Waals surface area contributed by atoms with Crippen molar-refractivity contribution in [2.24, 2.45) is 0 Å². The van der Waals surface area contributed by atoms with Gasteiger partial charge >= 0.3 is 0 Å². The summed E-state index contributed by atoms with van der Waals surface area (Å²) in [7, 11) is 0. The minimum Gasteiger partial charge on any atom is -0.398 e. The molecule has 2 aromatic rings. The van der Waals surface area contributed by atoms with Crippen molar-refractivity contribution in [3.05, 3.63) is 58.1 Å². The van der Waals surface area contributed by atoms with Crippen LogP contribution in [0.25, 0.3) is 0 Å². The van der Waals surface area contributed by atoms with Gasteiger partial charge in [0.05, 0.1) is 6.54 Å². The van der Waals surface area contributed by atoms with E-state index in [-0.39, 0.29) is 5.91 Å². The Labute approximate surface area is 132 Å². The van der Waals surface area contributed by atoms with Crippen LogP contribution in [-0.4, -0.2) is 5.91 Å². The molecular weight excluding hydrogens is 328 g/mol. The van der Waals surface area contributed by atoms with Gasteiger partial charge in [-0.3, -0.25) is 4.79 Å². The first-order chi connectivity index (χ1) is 10.1. The molecule has 1 amide bonds. The van der Waals surface area contributed by atoms with E-state index in [1.54, 1.807) is 0 Å². The van der Waals surface area contributed by atoms with Crippen molar-refractivity contribution in [1.82, 2.24) is 0 Å². The number of rotatable bonds is 2. The second-order valence-electron chi connectivity index (χ2n) is 5.31. The van der Waals surface area contributed by atoms with Crippen molar-refractivity contribution >= 4 is 33.2 Å². The fourth-order valence-corrected chi connectivity index (χ4v) is 3.12. The zero-order chi connectivity index (χ0) is 14.8. The Kier molecular flexibility index (Phi) is 3.97. The van der Waals surface area contributed by atoms with Crippen molar-refractivity contribution in [2.75, 3.05) is 10.6 Å². The predicted molar refractivity (Wildman–Crippen MR) is 89.1 cm³/mol. The summed E-state index contributed by atoms with van der Waals surface area (Å²) in [6.45, 7) is 0.523. The Balaban J connectivity index is 1.98. The van der Waals surface area contributed by atoms with E-state index in [0.717, 1.165) is 28.6 Å². The van der Waals surface area contributed by atoms with Crippen LogP contribution in [0.1, 0.15) is 24.0 Å². The quantitative estimate of drug-likeness (QED) is 0.839. The van der Waals surface area contributed by atoms with Gasteiger partial charge in [-0.25, -0.2) is 0 Å².